The molecular formula is C30H31F2NO2. The van der Waals surface area contributed by atoms with Gasteiger partial charge in [-0.3, -0.25) is 0 Å². The second-order valence-electron chi connectivity index (χ2n) is 8.86. The number of rotatable bonds is 8. The van der Waals surface area contributed by atoms with E-state index in [4.69, 9.17) is 9.47 Å². The first kappa shape index (κ1) is 24.6. The van der Waals surface area contributed by atoms with Crippen molar-refractivity contribution in [1.82, 2.24) is 4.90 Å². The van der Waals surface area contributed by atoms with Gasteiger partial charge in [0.05, 0.1) is 7.11 Å². The molecule has 5 heteroatoms. The lowest BCUT2D eigenvalue weighted by atomic mass is 10.0. The smallest absolute Gasteiger partial charge is 0.241 e. The molecule has 0 radical (unpaired) electrons. The standard InChI is InChI=1S/C30H31F2NO2/c1-34-27-11-3-8-24(21-27)7-2-6-23-10-5-17-33(18-15-23)30-12-4-9-25(16-19-35-30)20-26-13-14-28(31)29(32)22-26/h3-4,8,10-11,13-14,19,21-22H,2,5-7,9,15,17-18,20H2,1H3. The fourth-order valence-corrected chi connectivity index (χ4v) is 4.40. The molecule has 2 aliphatic rings. The lowest BCUT2D eigenvalue weighted by Gasteiger charge is -2.23. The minimum absolute atomic E-state index is 0.483. The summed E-state index contributed by atoms with van der Waals surface area (Å²) in [5.41, 5.74) is 10.9. The largest absolute Gasteiger partial charge is 0.497 e. The van der Waals surface area contributed by atoms with Crippen molar-refractivity contribution in [3.8, 4) is 5.75 Å². The first-order valence-corrected chi connectivity index (χ1v) is 12.1. The Morgan fingerprint density at radius 3 is 2.77 bits per heavy atom. The number of nitrogens with zero attached hydrogens (tertiary/aromatic N) is 1. The molecular weight excluding hydrogens is 444 g/mol. The second kappa shape index (κ2) is 12.3. The first-order chi connectivity index (χ1) is 17.1. The van der Waals surface area contributed by atoms with E-state index in [-0.39, 0.29) is 0 Å². The third-order valence-corrected chi connectivity index (χ3v) is 6.33. The molecule has 2 aromatic rings. The zero-order chi connectivity index (χ0) is 24.5. The van der Waals surface area contributed by atoms with Gasteiger partial charge >= 0.3 is 0 Å². The third-order valence-electron chi connectivity index (χ3n) is 6.33. The molecule has 0 bridgehead atoms. The Hall–Kier alpha value is -3.52. The zero-order valence-corrected chi connectivity index (χ0v) is 20.2. The molecule has 0 atom stereocenters. The van der Waals surface area contributed by atoms with Gasteiger partial charge < -0.3 is 14.4 Å². The SMILES string of the molecule is COc1cccc(CCCC2=CCCN(C3=C=CCC(Cc4ccc(F)c(F)c4)=C=CO3)CC2)c1. The van der Waals surface area contributed by atoms with Crippen molar-refractivity contribution in [2.45, 2.75) is 44.9 Å². The van der Waals surface area contributed by atoms with Gasteiger partial charge in [-0.15, -0.1) is 0 Å². The van der Waals surface area contributed by atoms with Crippen LogP contribution in [-0.4, -0.2) is 25.1 Å². The molecule has 0 saturated heterocycles. The first-order valence-electron chi connectivity index (χ1n) is 12.1. The maximum absolute atomic E-state index is 13.5. The Balaban J connectivity index is 1.27. The quantitative estimate of drug-likeness (QED) is 0.303. The average molecular weight is 476 g/mol. The summed E-state index contributed by atoms with van der Waals surface area (Å²) in [7, 11) is 1.70. The van der Waals surface area contributed by atoms with E-state index in [1.54, 1.807) is 19.4 Å². The minimum Gasteiger partial charge on any atom is -0.497 e. The highest BCUT2D eigenvalue weighted by atomic mass is 19.2. The second-order valence-corrected chi connectivity index (χ2v) is 8.86. The van der Waals surface area contributed by atoms with Crippen LogP contribution >= 0.6 is 0 Å². The van der Waals surface area contributed by atoms with Crippen LogP contribution < -0.4 is 4.74 Å². The summed E-state index contributed by atoms with van der Waals surface area (Å²) < 4.78 is 37.8. The Kier molecular flexibility index (Phi) is 8.62. The van der Waals surface area contributed by atoms with E-state index in [2.05, 4.69) is 34.6 Å². The molecule has 0 unspecified atom stereocenters. The topological polar surface area (TPSA) is 21.7 Å². The number of halogens is 2. The minimum atomic E-state index is -0.835. The average Bonchev–Trinajstić information content (AvgIpc) is 3.09. The Bertz CT molecular complexity index is 1200. The van der Waals surface area contributed by atoms with Gasteiger partial charge in [0.25, 0.3) is 0 Å². The number of methoxy groups -OCH3 is 1. The van der Waals surface area contributed by atoms with Gasteiger partial charge in [0, 0.05) is 25.9 Å². The summed E-state index contributed by atoms with van der Waals surface area (Å²) in [6, 6.07) is 12.3. The Morgan fingerprint density at radius 1 is 1.00 bits per heavy atom. The predicted octanol–water partition coefficient (Wildman–Crippen LogP) is 7.02. The van der Waals surface area contributed by atoms with Gasteiger partial charge in [-0.05, 0) is 79.1 Å². The van der Waals surface area contributed by atoms with Crippen molar-refractivity contribution in [3.05, 3.63) is 112 Å². The molecule has 182 valence electrons. The van der Waals surface area contributed by atoms with Crippen molar-refractivity contribution in [2.75, 3.05) is 20.2 Å². The number of aryl methyl sites for hydroxylation is 1. The van der Waals surface area contributed by atoms with E-state index < -0.39 is 11.6 Å². The van der Waals surface area contributed by atoms with Gasteiger partial charge in [0.15, 0.2) is 11.6 Å². The Morgan fingerprint density at radius 2 is 1.91 bits per heavy atom. The molecule has 0 fully saturated rings. The monoisotopic (exact) mass is 475 g/mol. The van der Waals surface area contributed by atoms with E-state index in [0.717, 1.165) is 62.6 Å². The number of hydrogen-bond donors (Lipinski definition) is 0. The van der Waals surface area contributed by atoms with Crippen molar-refractivity contribution in [3.63, 3.8) is 0 Å². The molecule has 0 aliphatic carbocycles. The fourth-order valence-electron chi connectivity index (χ4n) is 4.40. The number of ether oxygens (including phenoxy) is 2. The summed E-state index contributed by atoms with van der Waals surface area (Å²) in [4.78, 5) is 2.22. The van der Waals surface area contributed by atoms with Crippen LogP contribution in [0.25, 0.3) is 0 Å². The summed E-state index contributed by atoms with van der Waals surface area (Å²) in [6.45, 7) is 1.77. The molecule has 3 nitrogen and oxygen atoms in total. The van der Waals surface area contributed by atoms with Crippen LogP contribution in [0.15, 0.2) is 89.4 Å². The molecule has 2 heterocycles. The van der Waals surface area contributed by atoms with Gasteiger partial charge in [0.2, 0.25) is 5.88 Å². The summed E-state index contributed by atoms with van der Waals surface area (Å²) in [5.74, 6) is -0.0526. The number of hydrogen-bond acceptors (Lipinski definition) is 3. The van der Waals surface area contributed by atoms with Gasteiger partial charge in [-0.25, -0.2) is 8.78 Å². The van der Waals surface area contributed by atoms with Gasteiger partial charge in [0.1, 0.15) is 12.0 Å². The molecule has 2 aromatic carbocycles. The lowest BCUT2D eigenvalue weighted by Crippen LogP contribution is -2.24. The molecule has 0 spiro atoms. The van der Waals surface area contributed by atoms with E-state index in [9.17, 15) is 8.78 Å². The van der Waals surface area contributed by atoms with Crippen LogP contribution in [0.2, 0.25) is 0 Å². The third kappa shape index (κ3) is 7.23. The molecule has 0 N–H and O–H groups in total. The van der Waals surface area contributed by atoms with Crippen LogP contribution in [0.3, 0.4) is 0 Å². The maximum atomic E-state index is 13.5. The maximum Gasteiger partial charge on any atom is 0.241 e. The van der Waals surface area contributed by atoms with E-state index in [1.165, 1.54) is 17.2 Å². The normalized spacial score (nSPS) is 15.9. The van der Waals surface area contributed by atoms with Crippen molar-refractivity contribution in [1.29, 1.82) is 0 Å². The van der Waals surface area contributed by atoms with Gasteiger partial charge in [-0.2, -0.15) is 0 Å². The molecule has 0 aromatic heterocycles. The zero-order valence-electron chi connectivity index (χ0n) is 20.2. The summed E-state index contributed by atoms with van der Waals surface area (Å²) >= 11 is 0. The Labute approximate surface area is 206 Å². The molecule has 2 aliphatic heterocycles. The molecule has 0 saturated carbocycles. The van der Waals surface area contributed by atoms with E-state index in [1.807, 2.05) is 18.2 Å². The molecule has 0 amide bonds. The van der Waals surface area contributed by atoms with Crippen molar-refractivity contribution >= 4 is 0 Å². The highest BCUT2D eigenvalue weighted by Crippen LogP contribution is 2.22. The lowest BCUT2D eigenvalue weighted by molar-refractivity contribution is 0.188. The molecule has 35 heavy (non-hydrogen) atoms. The number of benzene rings is 2. The van der Waals surface area contributed by atoms with Gasteiger partial charge in [-0.1, -0.05) is 41.3 Å². The van der Waals surface area contributed by atoms with Crippen LogP contribution in [0, 0.1) is 11.6 Å². The fraction of sp³-hybridized carbons (Fsp3) is 0.333. The van der Waals surface area contributed by atoms with E-state index in [0.29, 0.717) is 24.3 Å². The van der Waals surface area contributed by atoms with Crippen LogP contribution in [-0.2, 0) is 17.6 Å². The van der Waals surface area contributed by atoms with Crippen molar-refractivity contribution < 1.29 is 18.3 Å². The highest BCUT2D eigenvalue weighted by Gasteiger charge is 2.15. The van der Waals surface area contributed by atoms with Crippen molar-refractivity contribution in [2.24, 2.45) is 0 Å². The summed E-state index contributed by atoms with van der Waals surface area (Å²) in [6.07, 6.45) is 12.2. The molecule has 4 rings (SSSR count). The number of allylic oxidation sites excluding steroid dienone is 2. The predicted molar refractivity (Wildman–Crippen MR) is 134 cm³/mol. The summed E-state index contributed by atoms with van der Waals surface area (Å²) in [5, 5.41) is 0. The van der Waals surface area contributed by atoms with Crippen LogP contribution in [0.5, 0.6) is 5.75 Å². The highest BCUT2D eigenvalue weighted by molar-refractivity contribution is 5.28. The van der Waals surface area contributed by atoms with Crippen LogP contribution in [0.4, 0.5) is 8.78 Å². The van der Waals surface area contributed by atoms with E-state index >= 15 is 0 Å². The van der Waals surface area contributed by atoms with Crippen LogP contribution in [0.1, 0.15) is 43.2 Å².